The number of hydrogen-bond acceptors (Lipinski definition) is 2. The molecule has 0 bridgehead atoms. The molecular formula is C12H19ClN2. The Morgan fingerprint density at radius 2 is 1.93 bits per heavy atom. The Kier molecular flexibility index (Phi) is 4.40. The highest BCUT2D eigenvalue weighted by Crippen LogP contribution is 2.23. The number of rotatable bonds is 4. The van der Waals surface area contributed by atoms with Crippen LogP contribution in [0.1, 0.15) is 27.2 Å². The van der Waals surface area contributed by atoms with Crippen molar-refractivity contribution in [3.8, 4) is 0 Å². The highest BCUT2D eigenvalue weighted by atomic mass is 35.5. The van der Waals surface area contributed by atoms with Crippen LogP contribution in [-0.4, -0.2) is 16.9 Å². The summed E-state index contributed by atoms with van der Waals surface area (Å²) in [5.74, 6) is 0. The van der Waals surface area contributed by atoms with Crippen LogP contribution in [0.2, 0.25) is 0 Å². The zero-order valence-electron chi connectivity index (χ0n) is 9.63. The number of nitrogens with zero attached hydrogens (tertiary/aromatic N) is 1. The second-order valence-electron chi connectivity index (χ2n) is 4.98. The number of alkyl halides is 1. The van der Waals surface area contributed by atoms with Gasteiger partial charge in [0.25, 0.3) is 0 Å². The standard InChI is InChI=1S/C12H19ClN2/c1-12(2,3)8-10(13)9-15-11-4-6-14-7-5-11/h4-7,10H,8-9H2,1-3H3,(H,14,15). The van der Waals surface area contributed by atoms with E-state index in [1.165, 1.54) is 0 Å². The number of anilines is 1. The van der Waals surface area contributed by atoms with E-state index in [1.807, 2.05) is 12.1 Å². The van der Waals surface area contributed by atoms with E-state index in [9.17, 15) is 0 Å². The summed E-state index contributed by atoms with van der Waals surface area (Å²) in [5, 5.41) is 3.46. The van der Waals surface area contributed by atoms with Crippen LogP contribution >= 0.6 is 11.6 Å². The molecule has 0 aliphatic rings. The molecule has 0 radical (unpaired) electrons. The van der Waals surface area contributed by atoms with Crippen LogP contribution in [-0.2, 0) is 0 Å². The molecule has 0 saturated heterocycles. The molecule has 15 heavy (non-hydrogen) atoms. The molecule has 84 valence electrons. The predicted octanol–water partition coefficient (Wildman–Crippen LogP) is 3.54. The van der Waals surface area contributed by atoms with Crippen molar-refractivity contribution < 1.29 is 0 Å². The number of pyridine rings is 1. The minimum absolute atomic E-state index is 0.165. The molecule has 1 rings (SSSR count). The van der Waals surface area contributed by atoms with Gasteiger partial charge in [0.1, 0.15) is 0 Å². The third-order valence-electron chi connectivity index (χ3n) is 2.04. The average Bonchev–Trinajstić information content (AvgIpc) is 2.14. The summed E-state index contributed by atoms with van der Waals surface area (Å²) in [6.07, 6.45) is 4.55. The first-order valence-electron chi connectivity index (χ1n) is 5.25. The van der Waals surface area contributed by atoms with Crippen LogP contribution in [0.15, 0.2) is 24.5 Å². The molecule has 0 spiro atoms. The van der Waals surface area contributed by atoms with Crippen molar-refractivity contribution in [3.05, 3.63) is 24.5 Å². The largest absolute Gasteiger partial charge is 0.383 e. The quantitative estimate of drug-likeness (QED) is 0.795. The zero-order valence-corrected chi connectivity index (χ0v) is 10.4. The summed E-state index contributed by atoms with van der Waals surface area (Å²) in [5.41, 5.74) is 1.36. The smallest absolute Gasteiger partial charge is 0.0513 e. The Hall–Kier alpha value is -0.760. The molecule has 0 fully saturated rings. The highest BCUT2D eigenvalue weighted by Gasteiger charge is 2.16. The van der Waals surface area contributed by atoms with Gasteiger partial charge < -0.3 is 5.32 Å². The molecule has 0 aliphatic carbocycles. The van der Waals surface area contributed by atoms with Gasteiger partial charge in [0.15, 0.2) is 0 Å². The van der Waals surface area contributed by atoms with Gasteiger partial charge in [0, 0.05) is 24.6 Å². The van der Waals surface area contributed by atoms with Crippen molar-refractivity contribution in [1.82, 2.24) is 4.98 Å². The summed E-state index contributed by atoms with van der Waals surface area (Å²) in [6.45, 7) is 7.40. The SMILES string of the molecule is CC(C)(C)CC(Cl)CNc1ccncc1. The lowest BCUT2D eigenvalue weighted by atomic mass is 9.90. The van der Waals surface area contributed by atoms with Gasteiger partial charge >= 0.3 is 0 Å². The number of halogens is 1. The monoisotopic (exact) mass is 226 g/mol. The molecular weight excluding hydrogens is 208 g/mol. The van der Waals surface area contributed by atoms with E-state index in [4.69, 9.17) is 11.6 Å². The molecule has 0 saturated carbocycles. The second kappa shape index (κ2) is 5.36. The first kappa shape index (κ1) is 12.3. The molecule has 0 aliphatic heterocycles. The molecule has 2 nitrogen and oxygen atoms in total. The molecule has 1 unspecified atom stereocenters. The zero-order chi connectivity index (χ0) is 11.3. The van der Waals surface area contributed by atoms with E-state index >= 15 is 0 Å². The van der Waals surface area contributed by atoms with E-state index in [0.29, 0.717) is 0 Å². The van der Waals surface area contributed by atoms with Crippen molar-refractivity contribution in [2.75, 3.05) is 11.9 Å². The van der Waals surface area contributed by atoms with Crippen LogP contribution < -0.4 is 5.32 Å². The van der Waals surface area contributed by atoms with Crippen molar-refractivity contribution in [3.63, 3.8) is 0 Å². The molecule has 0 aromatic carbocycles. The van der Waals surface area contributed by atoms with Crippen molar-refractivity contribution >= 4 is 17.3 Å². The molecule has 1 atom stereocenters. The fourth-order valence-electron chi connectivity index (χ4n) is 1.43. The Morgan fingerprint density at radius 1 is 1.33 bits per heavy atom. The van der Waals surface area contributed by atoms with Crippen LogP contribution in [0.25, 0.3) is 0 Å². The Labute approximate surface area is 97.1 Å². The summed E-state index contributed by atoms with van der Waals surface area (Å²) in [7, 11) is 0. The van der Waals surface area contributed by atoms with E-state index in [2.05, 4.69) is 31.1 Å². The maximum atomic E-state index is 6.24. The maximum Gasteiger partial charge on any atom is 0.0513 e. The van der Waals surface area contributed by atoms with Gasteiger partial charge in [0.2, 0.25) is 0 Å². The van der Waals surface area contributed by atoms with Gasteiger partial charge in [-0.05, 0) is 24.0 Å². The predicted molar refractivity (Wildman–Crippen MR) is 66.4 cm³/mol. The van der Waals surface area contributed by atoms with Crippen LogP contribution in [0.3, 0.4) is 0 Å². The van der Waals surface area contributed by atoms with Gasteiger partial charge in [-0.25, -0.2) is 0 Å². The van der Waals surface area contributed by atoms with E-state index in [-0.39, 0.29) is 10.8 Å². The van der Waals surface area contributed by atoms with Gasteiger partial charge in [-0.3, -0.25) is 4.98 Å². The second-order valence-corrected chi connectivity index (χ2v) is 5.60. The van der Waals surface area contributed by atoms with Crippen LogP contribution in [0.4, 0.5) is 5.69 Å². The summed E-state index contributed by atoms with van der Waals surface area (Å²) in [4.78, 5) is 3.96. The Morgan fingerprint density at radius 3 is 2.47 bits per heavy atom. The first-order chi connectivity index (χ1) is 6.97. The van der Waals surface area contributed by atoms with Gasteiger partial charge in [-0.15, -0.1) is 11.6 Å². The lowest BCUT2D eigenvalue weighted by Crippen LogP contribution is -2.20. The number of aromatic nitrogens is 1. The minimum Gasteiger partial charge on any atom is -0.383 e. The molecule has 3 heteroatoms. The van der Waals surface area contributed by atoms with Crippen molar-refractivity contribution in [1.29, 1.82) is 0 Å². The Bertz CT molecular complexity index is 279. The molecule has 1 heterocycles. The highest BCUT2D eigenvalue weighted by molar-refractivity contribution is 6.20. The molecule has 1 aromatic heterocycles. The van der Waals surface area contributed by atoms with Crippen LogP contribution in [0, 0.1) is 5.41 Å². The molecule has 1 N–H and O–H groups in total. The maximum absolute atomic E-state index is 6.24. The minimum atomic E-state index is 0.165. The lowest BCUT2D eigenvalue weighted by Gasteiger charge is -2.22. The fourth-order valence-corrected chi connectivity index (χ4v) is 1.98. The normalized spacial score (nSPS) is 13.6. The first-order valence-corrected chi connectivity index (χ1v) is 5.69. The summed E-state index contributed by atoms with van der Waals surface area (Å²) >= 11 is 6.24. The Balaban J connectivity index is 2.32. The fraction of sp³-hybridized carbons (Fsp3) is 0.583. The van der Waals surface area contributed by atoms with E-state index < -0.39 is 0 Å². The third-order valence-corrected chi connectivity index (χ3v) is 2.35. The number of nitrogens with one attached hydrogen (secondary N) is 1. The topological polar surface area (TPSA) is 24.9 Å². The van der Waals surface area contributed by atoms with Crippen LogP contribution in [0.5, 0.6) is 0 Å². The van der Waals surface area contributed by atoms with Crippen molar-refractivity contribution in [2.45, 2.75) is 32.6 Å². The third kappa shape index (κ3) is 5.63. The molecule has 0 amide bonds. The number of hydrogen-bond donors (Lipinski definition) is 1. The average molecular weight is 227 g/mol. The van der Waals surface area contributed by atoms with Gasteiger partial charge in [0.05, 0.1) is 5.38 Å². The van der Waals surface area contributed by atoms with E-state index in [1.54, 1.807) is 12.4 Å². The van der Waals surface area contributed by atoms with Gasteiger partial charge in [-0.2, -0.15) is 0 Å². The van der Waals surface area contributed by atoms with Gasteiger partial charge in [-0.1, -0.05) is 20.8 Å². The van der Waals surface area contributed by atoms with E-state index in [0.717, 1.165) is 18.7 Å². The van der Waals surface area contributed by atoms with Crippen molar-refractivity contribution in [2.24, 2.45) is 5.41 Å². The molecule has 1 aromatic rings. The summed E-state index contributed by atoms with van der Waals surface area (Å²) < 4.78 is 0. The lowest BCUT2D eigenvalue weighted by molar-refractivity contribution is 0.373. The summed E-state index contributed by atoms with van der Waals surface area (Å²) in [6, 6.07) is 3.89.